The third-order valence-electron chi connectivity index (χ3n) is 3.89. The minimum atomic E-state index is -0.226. The fourth-order valence-electron chi connectivity index (χ4n) is 2.74. The normalized spacial score (nSPS) is 19.2. The Morgan fingerprint density at radius 1 is 1.36 bits per heavy atom. The number of carbonyl (C=O) groups excluding carboxylic acids is 1. The highest BCUT2D eigenvalue weighted by Gasteiger charge is 2.23. The van der Waals surface area contributed by atoms with Gasteiger partial charge in [-0.25, -0.2) is 0 Å². The highest BCUT2D eigenvalue weighted by Crippen LogP contribution is 2.15. The quantitative estimate of drug-likeness (QED) is 0.808. The molecule has 1 aromatic carbocycles. The number of esters is 1. The molecule has 3 rings (SSSR count). The summed E-state index contributed by atoms with van der Waals surface area (Å²) in [6.45, 7) is 2.98. The summed E-state index contributed by atoms with van der Waals surface area (Å²) in [6.07, 6.45) is 0.208. The van der Waals surface area contributed by atoms with Crippen molar-refractivity contribution in [2.45, 2.75) is 19.1 Å². The molecule has 0 radical (unpaired) electrons. The van der Waals surface area contributed by atoms with Crippen LogP contribution in [0.25, 0.3) is 10.9 Å². The molecule has 1 atom stereocenters. The van der Waals surface area contributed by atoms with Crippen LogP contribution >= 0.6 is 0 Å². The van der Waals surface area contributed by atoms with E-state index in [2.05, 4.69) is 23.1 Å². The monoisotopic (exact) mass is 300 g/mol. The van der Waals surface area contributed by atoms with Crippen LogP contribution in [-0.4, -0.2) is 48.8 Å². The third kappa shape index (κ3) is 3.61. The second kappa shape index (κ2) is 6.85. The van der Waals surface area contributed by atoms with Crippen LogP contribution in [0.3, 0.4) is 0 Å². The second-order valence-electron chi connectivity index (χ2n) is 5.50. The fraction of sp³-hybridized carbons (Fsp3) is 0.412. The number of aromatic nitrogens is 1. The smallest absolute Gasteiger partial charge is 0.308 e. The first-order chi connectivity index (χ1) is 10.7. The van der Waals surface area contributed by atoms with Gasteiger partial charge >= 0.3 is 5.97 Å². The van der Waals surface area contributed by atoms with Crippen molar-refractivity contribution in [3.05, 3.63) is 42.1 Å². The van der Waals surface area contributed by atoms with E-state index >= 15 is 0 Å². The van der Waals surface area contributed by atoms with Crippen LogP contribution in [0.2, 0.25) is 0 Å². The Labute approximate surface area is 129 Å². The number of benzene rings is 1. The zero-order valence-electron chi connectivity index (χ0n) is 12.7. The maximum absolute atomic E-state index is 11.4. The van der Waals surface area contributed by atoms with E-state index in [1.54, 1.807) is 0 Å². The molecule has 1 aliphatic heterocycles. The topological polar surface area (TPSA) is 51.7 Å². The summed E-state index contributed by atoms with van der Waals surface area (Å²) in [5, 5.41) is 1.15. The molecule has 1 aromatic heterocycles. The van der Waals surface area contributed by atoms with Crippen molar-refractivity contribution in [3.63, 3.8) is 0 Å². The molecule has 0 N–H and O–H groups in total. The molecule has 2 aromatic rings. The Bertz CT molecular complexity index is 659. The number of hydrogen-bond donors (Lipinski definition) is 0. The van der Waals surface area contributed by atoms with E-state index < -0.39 is 0 Å². The molecule has 1 aliphatic rings. The van der Waals surface area contributed by atoms with Gasteiger partial charge in [-0.05, 0) is 12.1 Å². The van der Waals surface area contributed by atoms with Crippen molar-refractivity contribution < 1.29 is 14.3 Å². The van der Waals surface area contributed by atoms with Gasteiger partial charge in [0, 0.05) is 25.0 Å². The van der Waals surface area contributed by atoms with Crippen molar-refractivity contribution in [1.29, 1.82) is 0 Å². The minimum Gasteiger partial charge on any atom is -0.469 e. The lowest BCUT2D eigenvalue weighted by molar-refractivity contribution is -0.145. The molecule has 1 saturated heterocycles. The van der Waals surface area contributed by atoms with Gasteiger partial charge in [-0.2, -0.15) is 0 Å². The molecule has 116 valence electrons. The van der Waals surface area contributed by atoms with E-state index in [0.717, 1.165) is 36.2 Å². The molecule has 0 saturated carbocycles. The third-order valence-corrected chi connectivity index (χ3v) is 3.89. The number of ether oxygens (including phenoxy) is 2. The van der Waals surface area contributed by atoms with Crippen LogP contribution in [0.5, 0.6) is 0 Å². The van der Waals surface area contributed by atoms with Crippen LogP contribution in [0.1, 0.15) is 12.1 Å². The molecule has 5 nitrogen and oxygen atoms in total. The van der Waals surface area contributed by atoms with E-state index in [-0.39, 0.29) is 12.1 Å². The van der Waals surface area contributed by atoms with Gasteiger partial charge in [-0.3, -0.25) is 14.7 Å². The first-order valence-electron chi connectivity index (χ1n) is 7.50. The number of para-hydroxylation sites is 1. The van der Waals surface area contributed by atoms with E-state index in [9.17, 15) is 4.79 Å². The summed E-state index contributed by atoms with van der Waals surface area (Å²) in [5.41, 5.74) is 2.05. The van der Waals surface area contributed by atoms with Gasteiger partial charge in [0.25, 0.3) is 0 Å². The van der Waals surface area contributed by atoms with Crippen molar-refractivity contribution in [2.75, 3.05) is 26.8 Å². The Kier molecular flexibility index (Phi) is 4.65. The van der Waals surface area contributed by atoms with Gasteiger partial charge < -0.3 is 9.47 Å². The van der Waals surface area contributed by atoms with Crippen LogP contribution in [0.4, 0.5) is 0 Å². The molecular weight excluding hydrogens is 280 g/mol. The standard InChI is InChI=1S/C17H20N2O3/c1-21-17(20)10-15-12-19(8-9-22-15)11-14-7-6-13-4-2-3-5-16(13)18-14/h2-7,15H,8-12H2,1H3/t15-/m1/s1. The molecular formula is C17H20N2O3. The molecule has 0 bridgehead atoms. The van der Waals surface area contributed by atoms with Gasteiger partial charge in [0.1, 0.15) is 0 Å². The fourth-order valence-corrected chi connectivity index (χ4v) is 2.74. The maximum Gasteiger partial charge on any atom is 0.308 e. The van der Waals surface area contributed by atoms with Crippen molar-refractivity contribution >= 4 is 16.9 Å². The average Bonchev–Trinajstić information content (AvgIpc) is 2.55. The Morgan fingerprint density at radius 3 is 3.09 bits per heavy atom. The first kappa shape index (κ1) is 14.9. The summed E-state index contributed by atoms with van der Waals surface area (Å²) in [7, 11) is 1.40. The molecule has 0 unspecified atom stereocenters. The van der Waals surface area contributed by atoms with Crippen molar-refractivity contribution in [2.24, 2.45) is 0 Å². The van der Waals surface area contributed by atoms with Crippen LogP contribution in [-0.2, 0) is 20.8 Å². The van der Waals surface area contributed by atoms with Crippen LogP contribution < -0.4 is 0 Å². The summed E-state index contributed by atoms with van der Waals surface area (Å²) in [5.74, 6) is -0.226. The number of rotatable bonds is 4. The van der Waals surface area contributed by atoms with Crippen molar-refractivity contribution in [1.82, 2.24) is 9.88 Å². The lowest BCUT2D eigenvalue weighted by atomic mass is 10.1. The number of nitrogens with zero attached hydrogens (tertiary/aromatic N) is 2. The van der Waals surface area contributed by atoms with Gasteiger partial charge in [-0.15, -0.1) is 0 Å². The molecule has 0 amide bonds. The summed E-state index contributed by atoms with van der Waals surface area (Å²) in [4.78, 5) is 18.3. The molecule has 0 spiro atoms. The van der Waals surface area contributed by atoms with Crippen molar-refractivity contribution in [3.8, 4) is 0 Å². The number of morpholine rings is 1. The summed E-state index contributed by atoms with van der Waals surface area (Å²) >= 11 is 0. The number of hydrogen-bond acceptors (Lipinski definition) is 5. The lowest BCUT2D eigenvalue weighted by Gasteiger charge is -2.32. The van der Waals surface area contributed by atoms with E-state index in [1.807, 2.05) is 18.2 Å². The zero-order valence-corrected chi connectivity index (χ0v) is 12.7. The van der Waals surface area contributed by atoms with E-state index in [0.29, 0.717) is 13.0 Å². The Balaban J connectivity index is 1.64. The molecule has 22 heavy (non-hydrogen) atoms. The highest BCUT2D eigenvalue weighted by atomic mass is 16.5. The number of carbonyl (C=O) groups is 1. The van der Waals surface area contributed by atoms with Crippen LogP contribution in [0, 0.1) is 0 Å². The molecule has 1 fully saturated rings. The lowest BCUT2D eigenvalue weighted by Crippen LogP contribution is -2.43. The van der Waals surface area contributed by atoms with E-state index in [1.165, 1.54) is 7.11 Å². The first-order valence-corrected chi connectivity index (χ1v) is 7.50. The summed E-state index contributed by atoms with van der Waals surface area (Å²) in [6, 6.07) is 12.3. The Hall–Kier alpha value is -1.98. The molecule has 5 heteroatoms. The van der Waals surface area contributed by atoms with E-state index in [4.69, 9.17) is 14.5 Å². The SMILES string of the molecule is COC(=O)C[C@@H]1CN(Cc2ccc3ccccc3n2)CCO1. The number of methoxy groups -OCH3 is 1. The Morgan fingerprint density at radius 2 is 2.23 bits per heavy atom. The highest BCUT2D eigenvalue weighted by molar-refractivity contribution is 5.78. The molecule has 0 aliphatic carbocycles. The predicted octanol–water partition coefficient (Wildman–Crippen LogP) is 2.00. The van der Waals surface area contributed by atoms with Crippen LogP contribution in [0.15, 0.2) is 36.4 Å². The molecule has 2 heterocycles. The average molecular weight is 300 g/mol. The predicted molar refractivity (Wildman–Crippen MR) is 83.4 cm³/mol. The zero-order chi connectivity index (χ0) is 15.4. The maximum atomic E-state index is 11.4. The second-order valence-corrected chi connectivity index (χ2v) is 5.50. The number of fused-ring (bicyclic) bond motifs is 1. The largest absolute Gasteiger partial charge is 0.469 e. The minimum absolute atomic E-state index is 0.0957. The number of pyridine rings is 1. The van der Waals surface area contributed by atoms with Gasteiger partial charge in [0.05, 0.1) is 37.5 Å². The summed E-state index contributed by atoms with van der Waals surface area (Å²) < 4.78 is 10.3. The van der Waals surface area contributed by atoms with Gasteiger partial charge in [-0.1, -0.05) is 24.3 Å². The van der Waals surface area contributed by atoms with Gasteiger partial charge in [0.15, 0.2) is 0 Å². The van der Waals surface area contributed by atoms with Gasteiger partial charge in [0.2, 0.25) is 0 Å².